The Bertz CT molecular complexity index is 2000. The molecule has 10 heteroatoms. The average Bonchev–Trinajstić information content (AvgIpc) is 3.45. The first-order valence-corrected chi connectivity index (χ1v) is 14.0. The van der Waals surface area contributed by atoms with E-state index in [1.807, 2.05) is 96.4 Å². The molecule has 0 spiro atoms. The van der Waals surface area contributed by atoms with Gasteiger partial charge >= 0.3 is 0 Å². The zero-order valence-corrected chi connectivity index (χ0v) is 24.2. The van der Waals surface area contributed by atoms with Crippen molar-refractivity contribution >= 4 is 56.8 Å². The van der Waals surface area contributed by atoms with Gasteiger partial charge in [-0.05, 0) is 80.8 Å². The Labute approximate surface area is 254 Å². The molecule has 4 aromatic carbocycles. The molecule has 0 aliphatic rings. The fourth-order valence-electron chi connectivity index (χ4n) is 4.69. The number of carbonyl (C=O) groups excluding carboxylic acids is 2. The number of aromatic nitrogens is 4. The quantitative estimate of drug-likeness (QED) is 0.179. The molecule has 0 bridgehead atoms. The van der Waals surface area contributed by atoms with E-state index in [4.69, 9.17) is 9.97 Å². The minimum Gasteiger partial charge on any atom is -0.324 e. The van der Waals surface area contributed by atoms with Crippen LogP contribution in [0.4, 0.5) is 23.0 Å². The zero-order chi connectivity index (χ0) is 30.5. The maximum absolute atomic E-state index is 13.0. The van der Waals surface area contributed by atoms with Gasteiger partial charge in [0.05, 0.1) is 16.6 Å². The topological polar surface area (TPSA) is 117 Å². The van der Waals surface area contributed by atoms with E-state index in [0.29, 0.717) is 40.9 Å². The second-order valence-corrected chi connectivity index (χ2v) is 10.4. The van der Waals surface area contributed by atoms with Crippen molar-refractivity contribution in [3.8, 4) is 5.82 Å². The van der Waals surface area contributed by atoms with E-state index in [0.717, 1.165) is 21.9 Å². The van der Waals surface area contributed by atoms with E-state index < -0.39 is 0 Å². The van der Waals surface area contributed by atoms with Crippen molar-refractivity contribution in [3.63, 3.8) is 0 Å². The molecule has 2 aromatic heterocycles. The Morgan fingerprint density at radius 1 is 0.795 bits per heavy atom. The van der Waals surface area contributed by atoms with Crippen molar-refractivity contribution in [3.05, 3.63) is 121 Å². The molecule has 0 unspecified atom stereocenters. The predicted octanol–water partition coefficient (Wildman–Crippen LogP) is 6.02. The Kier molecular flexibility index (Phi) is 8.06. The van der Waals surface area contributed by atoms with Gasteiger partial charge in [0, 0.05) is 40.6 Å². The number of amides is 2. The molecule has 0 atom stereocenters. The summed E-state index contributed by atoms with van der Waals surface area (Å²) in [5, 5.41) is 9.91. The summed E-state index contributed by atoms with van der Waals surface area (Å²) < 4.78 is 1.96. The second kappa shape index (κ2) is 12.6. The summed E-state index contributed by atoms with van der Waals surface area (Å²) in [4.78, 5) is 41.2. The number of hydrogen-bond acceptors (Lipinski definition) is 7. The van der Waals surface area contributed by atoms with E-state index in [2.05, 4.69) is 20.9 Å². The molecule has 0 radical (unpaired) electrons. The van der Waals surface area contributed by atoms with Crippen LogP contribution in [0.2, 0.25) is 0 Å². The van der Waals surface area contributed by atoms with E-state index in [9.17, 15) is 9.59 Å². The lowest BCUT2D eigenvalue weighted by Gasteiger charge is -2.12. The van der Waals surface area contributed by atoms with Crippen LogP contribution in [0.15, 0.2) is 116 Å². The summed E-state index contributed by atoms with van der Waals surface area (Å²) in [6, 6.07) is 29.8. The Hall–Kier alpha value is -5.87. The monoisotopic (exact) mass is 582 g/mol. The number of fused-ring (bicyclic) bond motifs is 2. The maximum atomic E-state index is 13.0. The third-order valence-corrected chi connectivity index (χ3v) is 6.80. The standard InChI is InChI=1S/C34H30N8O2/c1-41(2)20-8-15-31(43)36-24-18-16-23(17-19-24)33(44)37-25-9-7-10-26(21-25)38-34-39-28-12-4-3-11-27(28)32(40-34)42-22-35-29-13-5-6-14-30(29)42/h3-19,21-22H,20H2,1-2H3,(H,36,43)(H,37,44)(H,38,39,40)/b15-8+. The van der Waals surface area contributed by atoms with Gasteiger partial charge < -0.3 is 20.9 Å². The minimum absolute atomic E-state index is 0.228. The van der Waals surface area contributed by atoms with Crippen LogP contribution < -0.4 is 16.0 Å². The number of imidazole rings is 1. The smallest absolute Gasteiger partial charge is 0.255 e. The molecular weight excluding hydrogens is 552 g/mol. The lowest BCUT2D eigenvalue weighted by molar-refractivity contribution is -0.111. The van der Waals surface area contributed by atoms with Crippen LogP contribution >= 0.6 is 0 Å². The third kappa shape index (κ3) is 6.45. The van der Waals surface area contributed by atoms with Gasteiger partial charge in [-0.3, -0.25) is 14.2 Å². The summed E-state index contributed by atoms with van der Waals surface area (Å²) in [5.41, 5.74) is 4.97. The van der Waals surface area contributed by atoms with Gasteiger partial charge in [0.1, 0.15) is 6.33 Å². The van der Waals surface area contributed by atoms with Crippen molar-refractivity contribution < 1.29 is 9.59 Å². The van der Waals surface area contributed by atoms with Crippen molar-refractivity contribution in [1.29, 1.82) is 0 Å². The van der Waals surface area contributed by atoms with Gasteiger partial charge in [0.2, 0.25) is 11.9 Å². The normalized spacial score (nSPS) is 11.3. The van der Waals surface area contributed by atoms with Gasteiger partial charge in [-0.2, -0.15) is 4.98 Å². The molecule has 6 rings (SSSR count). The molecule has 0 saturated heterocycles. The lowest BCUT2D eigenvalue weighted by Crippen LogP contribution is -2.13. The first-order valence-electron chi connectivity index (χ1n) is 14.0. The first kappa shape index (κ1) is 28.3. The number of rotatable bonds is 9. The van der Waals surface area contributed by atoms with Crippen LogP contribution in [0.1, 0.15) is 10.4 Å². The summed E-state index contributed by atoms with van der Waals surface area (Å²) in [6.07, 6.45) is 5.04. The first-order chi connectivity index (χ1) is 21.4. The van der Waals surface area contributed by atoms with Gasteiger partial charge in [0.25, 0.3) is 5.91 Å². The van der Waals surface area contributed by atoms with Gasteiger partial charge in [-0.1, -0.05) is 36.4 Å². The third-order valence-electron chi connectivity index (χ3n) is 6.80. The number of anilines is 4. The van der Waals surface area contributed by atoms with Crippen LogP contribution in [0.25, 0.3) is 27.8 Å². The van der Waals surface area contributed by atoms with E-state index in [1.54, 1.807) is 36.7 Å². The SMILES string of the molecule is CN(C)C/C=C/C(=O)Nc1ccc(C(=O)Nc2cccc(Nc3nc(-n4cnc5ccccc54)c4ccccc4n3)c2)cc1. The maximum Gasteiger partial charge on any atom is 0.255 e. The molecule has 0 aliphatic heterocycles. The van der Waals surface area contributed by atoms with E-state index in [1.165, 1.54) is 6.08 Å². The molecule has 6 aromatic rings. The van der Waals surface area contributed by atoms with Crippen LogP contribution in [-0.4, -0.2) is 56.9 Å². The van der Waals surface area contributed by atoms with Crippen LogP contribution in [0, 0.1) is 0 Å². The van der Waals surface area contributed by atoms with Crippen molar-refractivity contribution in [2.24, 2.45) is 0 Å². The molecule has 0 saturated carbocycles. The highest BCUT2D eigenvalue weighted by atomic mass is 16.2. The molecule has 3 N–H and O–H groups in total. The molecule has 10 nitrogen and oxygen atoms in total. The zero-order valence-electron chi connectivity index (χ0n) is 24.2. The van der Waals surface area contributed by atoms with Crippen molar-refractivity contribution in [2.45, 2.75) is 0 Å². The highest BCUT2D eigenvalue weighted by molar-refractivity contribution is 6.05. The van der Waals surface area contributed by atoms with Crippen molar-refractivity contribution in [2.75, 3.05) is 36.6 Å². The molecular formula is C34H30N8O2. The largest absolute Gasteiger partial charge is 0.324 e. The van der Waals surface area contributed by atoms with Crippen LogP contribution in [0.5, 0.6) is 0 Å². The fraction of sp³-hybridized carbons (Fsp3) is 0.0882. The number of nitrogens with one attached hydrogen (secondary N) is 3. The highest BCUT2D eigenvalue weighted by Gasteiger charge is 2.13. The van der Waals surface area contributed by atoms with E-state index in [-0.39, 0.29) is 11.8 Å². The lowest BCUT2D eigenvalue weighted by atomic mass is 10.2. The Morgan fingerprint density at radius 2 is 1.55 bits per heavy atom. The highest BCUT2D eigenvalue weighted by Crippen LogP contribution is 2.26. The summed E-state index contributed by atoms with van der Waals surface area (Å²) >= 11 is 0. The molecule has 0 aliphatic carbocycles. The molecule has 2 heterocycles. The minimum atomic E-state index is -0.276. The molecule has 2 amide bonds. The number of carbonyl (C=O) groups is 2. The fourth-order valence-corrected chi connectivity index (χ4v) is 4.69. The molecule has 0 fully saturated rings. The number of likely N-dealkylation sites (N-methyl/N-ethyl adjacent to an activating group) is 1. The molecule has 218 valence electrons. The summed E-state index contributed by atoms with van der Waals surface area (Å²) in [5.74, 6) is 0.617. The Balaban J connectivity index is 1.17. The summed E-state index contributed by atoms with van der Waals surface area (Å²) in [7, 11) is 3.86. The number of benzene rings is 4. The Morgan fingerprint density at radius 3 is 2.36 bits per heavy atom. The van der Waals surface area contributed by atoms with Gasteiger partial charge in [0.15, 0.2) is 5.82 Å². The second-order valence-electron chi connectivity index (χ2n) is 10.4. The van der Waals surface area contributed by atoms with Crippen LogP contribution in [-0.2, 0) is 4.79 Å². The van der Waals surface area contributed by atoms with Crippen molar-refractivity contribution in [1.82, 2.24) is 24.4 Å². The number of hydrogen-bond donors (Lipinski definition) is 3. The van der Waals surface area contributed by atoms with Gasteiger partial charge in [-0.25, -0.2) is 9.97 Å². The van der Waals surface area contributed by atoms with E-state index >= 15 is 0 Å². The average molecular weight is 583 g/mol. The summed E-state index contributed by atoms with van der Waals surface area (Å²) in [6.45, 7) is 0.669. The molecule has 44 heavy (non-hydrogen) atoms. The number of nitrogens with zero attached hydrogens (tertiary/aromatic N) is 5. The van der Waals surface area contributed by atoms with Crippen LogP contribution in [0.3, 0.4) is 0 Å². The number of para-hydroxylation sites is 3. The predicted molar refractivity (Wildman–Crippen MR) is 175 cm³/mol. The van der Waals surface area contributed by atoms with Gasteiger partial charge in [-0.15, -0.1) is 0 Å².